The minimum absolute atomic E-state index is 0.717. The molecule has 1 fully saturated rings. The van der Waals surface area contributed by atoms with Crippen molar-refractivity contribution in [1.29, 1.82) is 0 Å². The number of nitrogens with zero attached hydrogens (tertiary/aromatic N) is 3. The Morgan fingerprint density at radius 1 is 1.37 bits per heavy atom. The minimum Gasteiger partial charge on any atom is -0.370 e. The number of hydrogen-bond acceptors (Lipinski definition) is 3. The molecule has 1 aliphatic rings. The SMILES string of the molecule is CCc1cnc(CCN=C(N)N2CCCCCC2)s1. The fraction of sp³-hybridized carbons (Fsp3) is 0.714. The molecule has 0 radical (unpaired) electrons. The largest absolute Gasteiger partial charge is 0.370 e. The van der Waals surface area contributed by atoms with Crippen molar-refractivity contribution in [2.24, 2.45) is 10.7 Å². The molecule has 0 aromatic carbocycles. The molecule has 0 unspecified atom stereocenters. The molecule has 2 rings (SSSR count). The summed E-state index contributed by atoms with van der Waals surface area (Å²) in [5.74, 6) is 0.717. The van der Waals surface area contributed by atoms with Gasteiger partial charge in [0.15, 0.2) is 5.96 Å². The van der Waals surface area contributed by atoms with Gasteiger partial charge in [0.25, 0.3) is 0 Å². The zero-order valence-corrected chi connectivity index (χ0v) is 12.6. The Morgan fingerprint density at radius 2 is 2.11 bits per heavy atom. The molecule has 0 atom stereocenters. The first-order chi connectivity index (χ1) is 9.29. The van der Waals surface area contributed by atoms with Gasteiger partial charge in [-0.25, -0.2) is 4.98 Å². The van der Waals surface area contributed by atoms with E-state index in [1.54, 1.807) is 11.3 Å². The molecule has 0 amide bonds. The third-order valence-electron chi connectivity index (χ3n) is 3.48. The first-order valence-electron chi connectivity index (χ1n) is 7.28. The molecule has 1 aliphatic heterocycles. The van der Waals surface area contributed by atoms with Crippen LogP contribution in [0.15, 0.2) is 11.2 Å². The fourth-order valence-corrected chi connectivity index (χ4v) is 3.14. The number of aliphatic imine (C=N–C) groups is 1. The maximum atomic E-state index is 6.07. The van der Waals surface area contributed by atoms with E-state index >= 15 is 0 Å². The molecule has 0 spiro atoms. The Labute approximate surface area is 119 Å². The first-order valence-corrected chi connectivity index (χ1v) is 8.09. The Kier molecular flexibility index (Phi) is 5.63. The number of rotatable bonds is 4. The van der Waals surface area contributed by atoms with E-state index in [0.29, 0.717) is 5.96 Å². The van der Waals surface area contributed by atoms with Crippen LogP contribution in [0.5, 0.6) is 0 Å². The van der Waals surface area contributed by atoms with Gasteiger partial charge in [-0.1, -0.05) is 19.8 Å². The van der Waals surface area contributed by atoms with Crippen LogP contribution in [0.4, 0.5) is 0 Å². The molecule has 1 saturated heterocycles. The summed E-state index contributed by atoms with van der Waals surface area (Å²) in [4.78, 5) is 12.5. The van der Waals surface area contributed by atoms with Crippen molar-refractivity contribution >= 4 is 17.3 Å². The average molecular weight is 280 g/mol. The number of hydrogen-bond donors (Lipinski definition) is 1. The molecule has 4 nitrogen and oxygen atoms in total. The molecule has 2 N–H and O–H groups in total. The Morgan fingerprint density at radius 3 is 2.74 bits per heavy atom. The molecule has 1 aromatic rings. The van der Waals surface area contributed by atoms with E-state index < -0.39 is 0 Å². The van der Waals surface area contributed by atoms with Gasteiger partial charge in [-0.05, 0) is 19.3 Å². The summed E-state index contributed by atoms with van der Waals surface area (Å²) in [6.45, 7) is 5.03. The number of guanidine groups is 1. The smallest absolute Gasteiger partial charge is 0.191 e. The van der Waals surface area contributed by atoms with E-state index in [4.69, 9.17) is 5.73 Å². The van der Waals surface area contributed by atoms with E-state index in [0.717, 1.165) is 32.5 Å². The standard InChI is InChI=1S/C14H24N4S/c1-2-12-11-17-13(19-12)7-8-16-14(15)18-9-5-3-4-6-10-18/h11H,2-10H2,1H3,(H2,15,16). The molecule has 0 bridgehead atoms. The second kappa shape index (κ2) is 7.48. The zero-order chi connectivity index (χ0) is 13.5. The molecule has 5 heteroatoms. The van der Waals surface area contributed by atoms with Gasteiger partial charge in [-0.2, -0.15) is 0 Å². The third-order valence-corrected chi connectivity index (χ3v) is 4.68. The first kappa shape index (κ1) is 14.3. The third kappa shape index (κ3) is 4.49. The van der Waals surface area contributed by atoms with Crippen LogP contribution in [-0.2, 0) is 12.8 Å². The summed E-state index contributed by atoms with van der Waals surface area (Å²) >= 11 is 1.79. The van der Waals surface area contributed by atoms with Gasteiger partial charge < -0.3 is 10.6 Å². The minimum atomic E-state index is 0.717. The van der Waals surface area contributed by atoms with Crippen molar-refractivity contribution in [3.05, 3.63) is 16.1 Å². The van der Waals surface area contributed by atoms with Crippen LogP contribution < -0.4 is 5.73 Å². The lowest BCUT2D eigenvalue weighted by Gasteiger charge is -2.20. The van der Waals surface area contributed by atoms with Gasteiger partial charge in [0, 0.05) is 37.1 Å². The predicted molar refractivity (Wildman–Crippen MR) is 81.7 cm³/mol. The Balaban J connectivity index is 1.80. The van der Waals surface area contributed by atoms with Gasteiger partial charge in [0.1, 0.15) is 0 Å². The summed E-state index contributed by atoms with van der Waals surface area (Å²) in [6.07, 6.45) is 9.06. The van der Waals surface area contributed by atoms with Crippen molar-refractivity contribution in [3.8, 4) is 0 Å². The lowest BCUT2D eigenvalue weighted by Crippen LogP contribution is -2.38. The van der Waals surface area contributed by atoms with E-state index in [2.05, 4.69) is 21.8 Å². The summed E-state index contributed by atoms with van der Waals surface area (Å²) in [6, 6.07) is 0. The summed E-state index contributed by atoms with van der Waals surface area (Å²) in [7, 11) is 0. The van der Waals surface area contributed by atoms with Crippen molar-refractivity contribution in [1.82, 2.24) is 9.88 Å². The molecular weight excluding hydrogens is 256 g/mol. The Hall–Kier alpha value is -1.10. The normalized spacial score (nSPS) is 17.5. The highest BCUT2D eigenvalue weighted by molar-refractivity contribution is 7.11. The summed E-state index contributed by atoms with van der Waals surface area (Å²) in [5, 5.41) is 1.17. The molecule has 19 heavy (non-hydrogen) atoms. The lowest BCUT2D eigenvalue weighted by atomic mass is 10.2. The quantitative estimate of drug-likeness (QED) is 0.681. The van der Waals surface area contributed by atoms with Crippen LogP contribution >= 0.6 is 11.3 Å². The maximum absolute atomic E-state index is 6.07. The van der Waals surface area contributed by atoms with Crippen LogP contribution in [-0.4, -0.2) is 35.5 Å². The maximum Gasteiger partial charge on any atom is 0.191 e. The monoisotopic (exact) mass is 280 g/mol. The van der Waals surface area contributed by atoms with Crippen molar-refractivity contribution in [3.63, 3.8) is 0 Å². The van der Waals surface area contributed by atoms with Gasteiger partial charge in [0.05, 0.1) is 5.01 Å². The van der Waals surface area contributed by atoms with E-state index in [-0.39, 0.29) is 0 Å². The number of aromatic nitrogens is 1. The van der Waals surface area contributed by atoms with Crippen LogP contribution in [0.3, 0.4) is 0 Å². The number of likely N-dealkylation sites (tertiary alicyclic amines) is 1. The number of nitrogens with two attached hydrogens (primary N) is 1. The summed E-state index contributed by atoms with van der Waals surface area (Å²) in [5.41, 5.74) is 6.07. The zero-order valence-electron chi connectivity index (χ0n) is 11.8. The molecule has 0 saturated carbocycles. The van der Waals surface area contributed by atoms with E-state index in [1.807, 2.05) is 6.20 Å². The van der Waals surface area contributed by atoms with Gasteiger partial charge in [0.2, 0.25) is 0 Å². The number of aryl methyl sites for hydroxylation is 1. The van der Waals surface area contributed by atoms with Crippen molar-refractivity contribution < 1.29 is 0 Å². The van der Waals surface area contributed by atoms with Gasteiger partial charge in [-0.3, -0.25) is 4.99 Å². The Bertz CT molecular complexity index is 405. The molecular formula is C14H24N4S. The average Bonchev–Trinajstić information content (AvgIpc) is 2.71. The molecule has 1 aromatic heterocycles. The van der Waals surface area contributed by atoms with Crippen molar-refractivity contribution in [2.75, 3.05) is 19.6 Å². The highest BCUT2D eigenvalue weighted by Crippen LogP contribution is 2.14. The fourth-order valence-electron chi connectivity index (χ4n) is 2.29. The van der Waals surface area contributed by atoms with Crippen LogP contribution in [0.25, 0.3) is 0 Å². The van der Waals surface area contributed by atoms with Gasteiger partial charge >= 0.3 is 0 Å². The van der Waals surface area contributed by atoms with Gasteiger partial charge in [-0.15, -0.1) is 11.3 Å². The predicted octanol–water partition coefficient (Wildman–Crippen LogP) is 2.44. The second-order valence-corrected chi connectivity index (χ2v) is 6.16. The number of thiazole rings is 1. The molecule has 0 aliphatic carbocycles. The highest BCUT2D eigenvalue weighted by atomic mass is 32.1. The van der Waals surface area contributed by atoms with Crippen LogP contribution in [0.1, 0.15) is 42.5 Å². The molecule has 106 valence electrons. The highest BCUT2D eigenvalue weighted by Gasteiger charge is 2.10. The van der Waals surface area contributed by atoms with Crippen LogP contribution in [0, 0.1) is 0 Å². The topological polar surface area (TPSA) is 54.5 Å². The van der Waals surface area contributed by atoms with E-state index in [1.165, 1.54) is 35.6 Å². The summed E-state index contributed by atoms with van der Waals surface area (Å²) < 4.78 is 0. The lowest BCUT2D eigenvalue weighted by molar-refractivity contribution is 0.428. The van der Waals surface area contributed by atoms with E-state index in [9.17, 15) is 0 Å². The van der Waals surface area contributed by atoms with Crippen LogP contribution in [0.2, 0.25) is 0 Å². The van der Waals surface area contributed by atoms with Crippen molar-refractivity contribution in [2.45, 2.75) is 45.4 Å². The second-order valence-electron chi connectivity index (χ2n) is 4.97. The molecule has 2 heterocycles.